The highest BCUT2D eigenvalue weighted by molar-refractivity contribution is 6.35. The second-order valence-electron chi connectivity index (χ2n) is 5.40. The Labute approximate surface area is 133 Å². The van der Waals surface area contributed by atoms with E-state index in [9.17, 15) is 0 Å². The van der Waals surface area contributed by atoms with Crippen LogP contribution < -0.4 is 5.73 Å². The van der Waals surface area contributed by atoms with Crippen LogP contribution in [0.25, 0.3) is 0 Å². The third-order valence-corrected chi connectivity index (χ3v) is 4.54. The Hall–Kier alpha value is -1.52. The van der Waals surface area contributed by atoms with Crippen molar-refractivity contribution in [2.45, 2.75) is 32.2 Å². The summed E-state index contributed by atoms with van der Waals surface area (Å²) < 4.78 is 1.90. The van der Waals surface area contributed by atoms with Gasteiger partial charge in [-0.1, -0.05) is 29.3 Å². The van der Waals surface area contributed by atoms with Crippen LogP contribution >= 0.6 is 23.2 Å². The number of halogens is 2. The number of benzene rings is 1. The lowest BCUT2D eigenvalue weighted by Crippen LogP contribution is -2.14. The topological polar surface area (TPSA) is 67.7 Å². The number of aromatic nitrogens is 2. The smallest absolute Gasteiger partial charge is 0.144 e. The summed E-state index contributed by atoms with van der Waals surface area (Å²) in [4.78, 5) is 0. The molecule has 3 N–H and O–H groups in total. The number of hydrogen-bond donors (Lipinski definition) is 2. The van der Waals surface area contributed by atoms with Crippen molar-refractivity contribution in [3.05, 3.63) is 50.8 Å². The molecular weight excluding hydrogens is 307 g/mol. The predicted molar refractivity (Wildman–Crippen MR) is 85.5 cm³/mol. The fraction of sp³-hybridized carbons (Fsp3) is 0.333. The number of nitrogens with zero attached hydrogens (tertiary/aromatic N) is 2. The summed E-state index contributed by atoms with van der Waals surface area (Å²) in [6.45, 7) is 2.47. The Bertz CT molecular complexity index is 696. The molecule has 4 nitrogen and oxygen atoms in total. The molecule has 1 saturated carbocycles. The van der Waals surface area contributed by atoms with Gasteiger partial charge in [0, 0.05) is 32.8 Å². The molecule has 0 radical (unpaired) electrons. The fourth-order valence-electron chi connectivity index (χ4n) is 2.65. The Morgan fingerprint density at radius 1 is 1.38 bits per heavy atom. The second-order valence-corrected chi connectivity index (χ2v) is 6.22. The van der Waals surface area contributed by atoms with Crippen LogP contribution in [0.2, 0.25) is 10.0 Å². The SMILES string of the molecule is Cc1c(C(=N)N)nn(Cc2c(Cl)cccc2Cl)c1C1CC1. The largest absolute Gasteiger partial charge is 0.382 e. The van der Waals surface area contributed by atoms with E-state index in [0.29, 0.717) is 28.2 Å². The molecule has 0 bridgehead atoms. The van der Waals surface area contributed by atoms with E-state index < -0.39 is 0 Å². The average Bonchev–Trinajstić information content (AvgIpc) is 3.19. The van der Waals surface area contributed by atoms with Crippen molar-refractivity contribution < 1.29 is 0 Å². The number of rotatable bonds is 4. The van der Waals surface area contributed by atoms with Gasteiger partial charge in [-0.25, -0.2) is 0 Å². The van der Waals surface area contributed by atoms with Gasteiger partial charge in [-0.3, -0.25) is 10.1 Å². The molecule has 1 fully saturated rings. The van der Waals surface area contributed by atoms with E-state index in [1.807, 2.05) is 29.8 Å². The summed E-state index contributed by atoms with van der Waals surface area (Å²) in [6, 6.07) is 5.47. The first-order valence-corrected chi connectivity index (χ1v) is 7.59. The second kappa shape index (κ2) is 5.35. The van der Waals surface area contributed by atoms with E-state index >= 15 is 0 Å². The molecule has 6 heteroatoms. The van der Waals surface area contributed by atoms with Crippen LogP contribution in [0.15, 0.2) is 18.2 Å². The maximum Gasteiger partial charge on any atom is 0.144 e. The zero-order chi connectivity index (χ0) is 15.1. The van der Waals surface area contributed by atoms with Crippen molar-refractivity contribution in [2.75, 3.05) is 0 Å². The molecule has 1 aliphatic rings. The first-order chi connectivity index (χ1) is 9.99. The minimum atomic E-state index is -0.00148. The molecule has 1 heterocycles. The zero-order valence-corrected chi connectivity index (χ0v) is 13.2. The molecule has 0 unspecified atom stereocenters. The third-order valence-electron chi connectivity index (χ3n) is 3.83. The summed E-state index contributed by atoms with van der Waals surface area (Å²) >= 11 is 12.5. The average molecular weight is 323 g/mol. The first kappa shape index (κ1) is 14.4. The van der Waals surface area contributed by atoms with Crippen molar-refractivity contribution in [1.82, 2.24) is 9.78 Å². The summed E-state index contributed by atoms with van der Waals surface area (Å²) in [5, 5.41) is 13.4. The molecule has 0 amide bonds. The molecule has 21 heavy (non-hydrogen) atoms. The van der Waals surface area contributed by atoms with Gasteiger partial charge in [-0.15, -0.1) is 0 Å². The number of nitrogen functional groups attached to an aromatic ring is 1. The van der Waals surface area contributed by atoms with Crippen LogP contribution in [0.5, 0.6) is 0 Å². The summed E-state index contributed by atoms with van der Waals surface area (Å²) in [7, 11) is 0. The minimum absolute atomic E-state index is 0.00148. The molecule has 1 aliphatic carbocycles. The van der Waals surface area contributed by atoms with Crippen LogP contribution in [0.4, 0.5) is 0 Å². The molecule has 0 saturated heterocycles. The number of amidine groups is 1. The van der Waals surface area contributed by atoms with Crippen molar-refractivity contribution in [3.8, 4) is 0 Å². The highest BCUT2D eigenvalue weighted by Gasteiger charge is 2.31. The van der Waals surface area contributed by atoms with Gasteiger partial charge in [0.25, 0.3) is 0 Å². The quantitative estimate of drug-likeness (QED) is 0.665. The van der Waals surface area contributed by atoms with Crippen molar-refractivity contribution in [3.63, 3.8) is 0 Å². The van der Waals surface area contributed by atoms with E-state index in [0.717, 1.165) is 29.7 Å². The number of nitrogens with two attached hydrogens (primary N) is 1. The van der Waals surface area contributed by atoms with Gasteiger partial charge >= 0.3 is 0 Å². The molecule has 3 rings (SSSR count). The van der Waals surface area contributed by atoms with E-state index in [1.54, 1.807) is 0 Å². The lowest BCUT2D eigenvalue weighted by Gasteiger charge is -2.10. The fourth-order valence-corrected chi connectivity index (χ4v) is 3.16. The monoisotopic (exact) mass is 322 g/mol. The number of nitrogens with one attached hydrogen (secondary N) is 1. The van der Waals surface area contributed by atoms with Gasteiger partial charge in [0.2, 0.25) is 0 Å². The minimum Gasteiger partial charge on any atom is -0.382 e. The zero-order valence-electron chi connectivity index (χ0n) is 11.7. The lowest BCUT2D eigenvalue weighted by molar-refractivity contribution is 0.644. The summed E-state index contributed by atoms with van der Waals surface area (Å²) in [5.41, 5.74) is 9.17. The molecule has 1 aromatic carbocycles. The molecule has 0 atom stereocenters. The molecular formula is C15H16Cl2N4. The third kappa shape index (κ3) is 2.65. The van der Waals surface area contributed by atoms with E-state index in [4.69, 9.17) is 34.3 Å². The van der Waals surface area contributed by atoms with Crippen molar-refractivity contribution in [2.24, 2.45) is 5.73 Å². The van der Waals surface area contributed by atoms with Gasteiger partial charge in [0.15, 0.2) is 0 Å². The van der Waals surface area contributed by atoms with Gasteiger partial charge in [0.05, 0.1) is 6.54 Å². The molecule has 0 aliphatic heterocycles. The van der Waals surface area contributed by atoms with Crippen LogP contribution in [-0.4, -0.2) is 15.6 Å². The first-order valence-electron chi connectivity index (χ1n) is 6.83. The highest BCUT2D eigenvalue weighted by atomic mass is 35.5. The Morgan fingerprint density at radius 3 is 2.52 bits per heavy atom. The molecule has 110 valence electrons. The lowest BCUT2D eigenvalue weighted by atomic mass is 10.1. The van der Waals surface area contributed by atoms with Crippen molar-refractivity contribution >= 4 is 29.0 Å². The van der Waals surface area contributed by atoms with E-state index in [1.165, 1.54) is 0 Å². The number of hydrogen-bond acceptors (Lipinski definition) is 2. The van der Waals surface area contributed by atoms with Crippen molar-refractivity contribution in [1.29, 1.82) is 5.41 Å². The Morgan fingerprint density at radius 2 is 2.00 bits per heavy atom. The van der Waals surface area contributed by atoms with Gasteiger partial charge in [-0.05, 0) is 31.9 Å². The highest BCUT2D eigenvalue weighted by Crippen LogP contribution is 2.42. The predicted octanol–water partition coefficient (Wildman–Crippen LogP) is 3.71. The van der Waals surface area contributed by atoms with Gasteiger partial charge < -0.3 is 5.73 Å². The Kier molecular flexibility index (Phi) is 3.68. The van der Waals surface area contributed by atoms with Gasteiger partial charge in [0.1, 0.15) is 11.5 Å². The Balaban J connectivity index is 2.06. The van der Waals surface area contributed by atoms with Crippen LogP contribution in [-0.2, 0) is 6.54 Å². The van der Waals surface area contributed by atoms with Crippen LogP contribution in [0, 0.1) is 12.3 Å². The maximum atomic E-state index is 7.66. The van der Waals surface area contributed by atoms with E-state index in [-0.39, 0.29) is 5.84 Å². The normalized spacial score (nSPS) is 14.4. The molecule has 2 aromatic rings. The van der Waals surface area contributed by atoms with Crippen LogP contribution in [0.1, 0.15) is 41.3 Å². The van der Waals surface area contributed by atoms with Crippen LogP contribution in [0.3, 0.4) is 0 Å². The van der Waals surface area contributed by atoms with E-state index in [2.05, 4.69) is 5.10 Å². The molecule has 0 spiro atoms. The molecule has 1 aromatic heterocycles. The van der Waals surface area contributed by atoms with Gasteiger partial charge in [-0.2, -0.15) is 5.10 Å². The summed E-state index contributed by atoms with van der Waals surface area (Å²) in [5.74, 6) is 0.505. The maximum absolute atomic E-state index is 7.66. The summed E-state index contributed by atoms with van der Waals surface area (Å²) in [6.07, 6.45) is 2.31. The standard InChI is InChI=1S/C15H16Cl2N4/c1-8-13(15(18)19)20-21(14(8)9-5-6-9)7-10-11(16)3-2-4-12(10)17/h2-4,9H,5-7H2,1H3,(H3,18,19).